The standard InChI is InChI=1S/C18H23NO5/c1-4-9-19-16(15(12(20)5-2)17(22)18(19)23)11-7-8-13(21)14(10-11)24-6-3/h7-8,10,16,21-22H,4-6,9H2,1-3H3. The van der Waals surface area contributed by atoms with Crippen molar-refractivity contribution < 1.29 is 24.5 Å². The number of aromatic hydroxyl groups is 1. The first-order valence-electron chi connectivity index (χ1n) is 8.19. The molecule has 1 aliphatic heterocycles. The van der Waals surface area contributed by atoms with Crippen molar-refractivity contribution in [3.63, 3.8) is 0 Å². The Balaban J connectivity index is 2.55. The third-order valence-corrected chi connectivity index (χ3v) is 3.99. The van der Waals surface area contributed by atoms with Crippen molar-refractivity contribution in [3.8, 4) is 11.5 Å². The second-order valence-corrected chi connectivity index (χ2v) is 5.60. The Kier molecular flexibility index (Phi) is 5.49. The summed E-state index contributed by atoms with van der Waals surface area (Å²) in [4.78, 5) is 26.2. The van der Waals surface area contributed by atoms with E-state index in [9.17, 15) is 19.8 Å². The molecule has 2 rings (SSSR count). The normalized spacial score (nSPS) is 17.5. The van der Waals surface area contributed by atoms with Gasteiger partial charge in [-0.2, -0.15) is 0 Å². The van der Waals surface area contributed by atoms with Crippen LogP contribution in [0.2, 0.25) is 0 Å². The molecule has 1 amide bonds. The number of benzene rings is 1. The number of phenols is 1. The van der Waals surface area contributed by atoms with Gasteiger partial charge in [-0.1, -0.05) is 19.9 Å². The Morgan fingerprint density at radius 3 is 2.54 bits per heavy atom. The first kappa shape index (κ1) is 17.8. The van der Waals surface area contributed by atoms with Crippen molar-refractivity contribution in [1.29, 1.82) is 0 Å². The van der Waals surface area contributed by atoms with Crippen LogP contribution >= 0.6 is 0 Å². The molecule has 0 spiro atoms. The minimum atomic E-state index is -0.662. The van der Waals surface area contributed by atoms with Crippen molar-refractivity contribution in [1.82, 2.24) is 4.90 Å². The quantitative estimate of drug-likeness (QED) is 0.801. The Hall–Kier alpha value is -2.50. The molecule has 1 aromatic carbocycles. The molecule has 130 valence electrons. The maximum atomic E-state index is 12.4. The summed E-state index contributed by atoms with van der Waals surface area (Å²) in [6.45, 7) is 6.20. The molecule has 0 aliphatic carbocycles. The summed E-state index contributed by atoms with van der Waals surface area (Å²) in [6, 6.07) is 4.06. The fraction of sp³-hybridized carbons (Fsp3) is 0.444. The summed E-state index contributed by atoms with van der Waals surface area (Å²) < 4.78 is 5.39. The van der Waals surface area contributed by atoms with Gasteiger partial charge in [-0.15, -0.1) is 0 Å². The molecule has 0 aromatic heterocycles. The van der Waals surface area contributed by atoms with E-state index in [1.54, 1.807) is 26.0 Å². The van der Waals surface area contributed by atoms with Crippen LogP contribution in [0.15, 0.2) is 29.5 Å². The average Bonchev–Trinajstić information content (AvgIpc) is 2.82. The number of amides is 1. The van der Waals surface area contributed by atoms with E-state index in [1.165, 1.54) is 11.0 Å². The predicted octanol–water partition coefficient (Wildman–Crippen LogP) is 2.88. The van der Waals surface area contributed by atoms with Crippen molar-refractivity contribution in [2.24, 2.45) is 0 Å². The van der Waals surface area contributed by atoms with Crippen molar-refractivity contribution >= 4 is 11.7 Å². The lowest BCUT2D eigenvalue weighted by Crippen LogP contribution is -2.31. The van der Waals surface area contributed by atoms with Gasteiger partial charge in [0, 0.05) is 13.0 Å². The number of carbonyl (C=O) groups excluding carboxylic acids is 2. The zero-order chi connectivity index (χ0) is 17.9. The van der Waals surface area contributed by atoms with Gasteiger partial charge in [0.1, 0.15) is 0 Å². The highest BCUT2D eigenvalue weighted by molar-refractivity contribution is 6.08. The molecule has 6 heteroatoms. The Labute approximate surface area is 141 Å². The minimum absolute atomic E-state index is 0.0106. The van der Waals surface area contributed by atoms with Gasteiger partial charge in [-0.05, 0) is 31.0 Å². The van der Waals surface area contributed by atoms with Crippen LogP contribution in [0, 0.1) is 0 Å². The smallest absolute Gasteiger partial charge is 0.290 e. The molecule has 1 unspecified atom stereocenters. The van der Waals surface area contributed by atoms with Crippen LogP contribution in [0.3, 0.4) is 0 Å². The number of aliphatic hydroxyl groups excluding tert-OH is 1. The van der Waals surface area contributed by atoms with Gasteiger partial charge in [0.15, 0.2) is 23.0 Å². The monoisotopic (exact) mass is 333 g/mol. The van der Waals surface area contributed by atoms with E-state index in [0.717, 1.165) is 0 Å². The number of hydrogen-bond donors (Lipinski definition) is 2. The molecule has 1 aromatic rings. The molecule has 0 saturated carbocycles. The number of nitrogens with zero attached hydrogens (tertiary/aromatic N) is 1. The van der Waals surface area contributed by atoms with E-state index in [0.29, 0.717) is 25.1 Å². The van der Waals surface area contributed by atoms with Crippen molar-refractivity contribution in [2.45, 2.75) is 39.7 Å². The molecule has 0 saturated heterocycles. The highest BCUT2D eigenvalue weighted by Gasteiger charge is 2.42. The van der Waals surface area contributed by atoms with Gasteiger partial charge in [0.25, 0.3) is 5.91 Å². The van der Waals surface area contributed by atoms with E-state index >= 15 is 0 Å². The fourth-order valence-electron chi connectivity index (χ4n) is 2.92. The Morgan fingerprint density at radius 2 is 1.96 bits per heavy atom. The van der Waals surface area contributed by atoms with Gasteiger partial charge >= 0.3 is 0 Å². The third kappa shape index (κ3) is 3.09. The first-order chi connectivity index (χ1) is 11.5. The number of ether oxygens (including phenoxy) is 1. The van der Waals surface area contributed by atoms with E-state index < -0.39 is 17.7 Å². The highest BCUT2D eigenvalue weighted by Crippen LogP contribution is 2.40. The summed E-state index contributed by atoms with van der Waals surface area (Å²) in [5.74, 6) is -1.01. The van der Waals surface area contributed by atoms with Crippen molar-refractivity contribution in [2.75, 3.05) is 13.2 Å². The van der Waals surface area contributed by atoms with E-state index in [2.05, 4.69) is 0 Å². The van der Waals surface area contributed by atoms with E-state index in [-0.39, 0.29) is 29.3 Å². The summed E-state index contributed by atoms with van der Waals surface area (Å²) >= 11 is 0. The van der Waals surface area contributed by atoms with Gasteiger partial charge < -0.3 is 19.8 Å². The Morgan fingerprint density at radius 1 is 1.25 bits per heavy atom. The van der Waals surface area contributed by atoms with Crippen LogP contribution in [0.25, 0.3) is 0 Å². The lowest BCUT2D eigenvalue weighted by molar-refractivity contribution is -0.129. The molecule has 6 nitrogen and oxygen atoms in total. The predicted molar refractivity (Wildman–Crippen MR) is 89.0 cm³/mol. The molecular weight excluding hydrogens is 310 g/mol. The second-order valence-electron chi connectivity index (χ2n) is 5.60. The molecule has 1 atom stereocenters. The van der Waals surface area contributed by atoms with Crippen LogP contribution in [0.4, 0.5) is 0 Å². The lowest BCUT2D eigenvalue weighted by atomic mass is 9.94. The first-order valence-corrected chi connectivity index (χ1v) is 8.19. The summed E-state index contributed by atoms with van der Waals surface area (Å²) in [6.07, 6.45) is 0.888. The maximum absolute atomic E-state index is 12.4. The van der Waals surface area contributed by atoms with Crippen LogP contribution in [0.1, 0.15) is 45.2 Å². The van der Waals surface area contributed by atoms with Crippen molar-refractivity contribution in [3.05, 3.63) is 35.1 Å². The summed E-state index contributed by atoms with van der Waals surface area (Å²) in [5.41, 5.74) is 0.739. The zero-order valence-corrected chi connectivity index (χ0v) is 14.2. The zero-order valence-electron chi connectivity index (χ0n) is 14.2. The highest BCUT2D eigenvalue weighted by atomic mass is 16.5. The molecule has 1 aliphatic rings. The SMILES string of the molecule is CCCN1C(=O)C(O)=C(C(=O)CC)C1c1ccc(O)c(OCC)c1. The van der Waals surface area contributed by atoms with Gasteiger partial charge in [0.05, 0.1) is 18.2 Å². The molecular formula is C18H23NO5. The molecule has 0 fully saturated rings. The second kappa shape index (κ2) is 7.38. The number of ketones is 1. The molecule has 2 N–H and O–H groups in total. The van der Waals surface area contributed by atoms with Gasteiger partial charge in [-0.25, -0.2) is 0 Å². The minimum Gasteiger partial charge on any atom is -0.504 e. The molecule has 1 heterocycles. The molecule has 0 radical (unpaired) electrons. The van der Waals surface area contributed by atoms with E-state index in [4.69, 9.17) is 4.74 Å². The number of aliphatic hydroxyl groups is 1. The average molecular weight is 333 g/mol. The van der Waals surface area contributed by atoms with Gasteiger partial charge in [-0.3, -0.25) is 9.59 Å². The topological polar surface area (TPSA) is 87.1 Å². The van der Waals surface area contributed by atoms with Crippen LogP contribution in [0.5, 0.6) is 11.5 Å². The summed E-state index contributed by atoms with van der Waals surface area (Å²) in [5, 5.41) is 20.1. The van der Waals surface area contributed by atoms with Crippen LogP contribution in [-0.4, -0.2) is 40.0 Å². The number of Topliss-reactive ketones (excluding diaryl/α,β-unsaturated/α-hetero) is 1. The number of phenolic OH excluding ortho intramolecular Hbond substituents is 1. The summed E-state index contributed by atoms with van der Waals surface area (Å²) in [7, 11) is 0. The van der Waals surface area contributed by atoms with Crippen LogP contribution in [-0.2, 0) is 9.59 Å². The number of carbonyl (C=O) groups is 2. The maximum Gasteiger partial charge on any atom is 0.290 e. The van der Waals surface area contributed by atoms with Crippen LogP contribution < -0.4 is 4.74 Å². The molecule has 0 bridgehead atoms. The largest absolute Gasteiger partial charge is 0.504 e. The Bertz CT molecular complexity index is 680. The number of hydrogen-bond acceptors (Lipinski definition) is 5. The lowest BCUT2D eigenvalue weighted by Gasteiger charge is -2.26. The molecule has 24 heavy (non-hydrogen) atoms. The number of rotatable bonds is 7. The third-order valence-electron chi connectivity index (χ3n) is 3.99. The fourth-order valence-corrected chi connectivity index (χ4v) is 2.92. The van der Waals surface area contributed by atoms with Gasteiger partial charge in [0.2, 0.25) is 0 Å². The van der Waals surface area contributed by atoms with E-state index in [1.807, 2.05) is 6.92 Å².